The van der Waals surface area contributed by atoms with Crippen LogP contribution in [0.15, 0.2) is 24.3 Å². The van der Waals surface area contributed by atoms with Crippen molar-refractivity contribution in [1.29, 1.82) is 0 Å². The van der Waals surface area contributed by atoms with Gasteiger partial charge in [-0.05, 0) is 50.5 Å². The van der Waals surface area contributed by atoms with E-state index in [1.54, 1.807) is 6.07 Å². The highest BCUT2D eigenvalue weighted by molar-refractivity contribution is 5.35. The first-order valence-corrected chi connectivity index (χ1v) is 7.22. The normalized spacial score (nSPS) is 18.5. The molecule has 1 saturated heterocycles. The van der Waals surface area contributed by atoms with Crippen molar-refractivity contribution in [2.45, 2.75) is 19.0 Å². The maximum Gasteiger partial charge on any atom is 0.419 e. The first-order chi connectivity index (χ1) is 10.0. The molecule has 1 atom stereocenters. The van der Waals surface area contributed by atoms with Crippen molar-refractivity contribution in [3.05, 3.63) is 29.8 Å². The Hall–Kier alpha value is -1.27. The van der Waals surface area contributed by atoms with E-state index >= 15 is 0 Å². The summed E-state index contributed by atoms with van der Waals surface area (Å²) in [6.07, 6.45) is -2.41. The van der Waals surface area contributed by atoms with Crippen LogP contribution in [0.1, 0.15) is 18.4 Å². The lowest BCUT2D eigenvalue weighted by Gasteiger charge is -2.30. The van der Waals surface area contributed by atoms with E-state index in [9.17, 15) is 13.2 Å². The molecule has 0 aliphatic carbocycles. The van der Waals surface area contributed by atoms with E-state index in [4.69, 9.17) is 10.5 Å². The Labute approximate surface area is 122 Å². The fraction of sp³-hybridized carbons (Fsp3) is 0.600. The van der Waals surface area contributed by atoms with Crippen molar-refractivity contribution in [1.82, 2.24) is 5.32 Å². The SMILES string of the molecule is NCC(COc1ccccc1C(F)(F)F)C1CCNCC1. The molecule has 3 N–H and O–H groups in total. The van der Waals surface area contributed by atoms with Crippen LogP contribution in [-0.4, -0.2) is 26.2 Å². The van der Waals surface area contributed by atoms with Crippen LogP contribution >= 0.6 is 0 Å². The van der Waals surface area contributed by atoms with Crippen molar-refractivity contribution < 1.29 is 17.9 Å². The Morgan fingerprint density at radius 3 is 2.52 bits per heavy atom. The number of para-hydroxylation sites is 1. The van der Waals surface area contributed by atoms with E-state index in [-0.39, 0.29) is 18.3 Å². The summed E-state index contributed by atoms with van der Waals surface area (Å²) in [4.78, 5) is 0. The van der Waals surface area contributed by atoms with Crippen molar-refractivity contribution in [3.63, 3.8) is 0 Å². The fourth-order valence-electron chi connectivity index (χ4n) is 2.74. The number of hydrogen-bond acceptors (Lipinski definition) is 3. The maximum absolute atomic E-state index is 12.9. The summed E-state index contributed by atoms with van der Waals surface area (Å²) in [6, 6.07) is 5.31. The highest BCUT2D eigenvalue weighted by atomic mass is 19.4. The number of alkyl halides is 3. The van der Waals surface area contributed by atoms with Gasteiger partial charge in [0.2, 0.25) is 0 Å². The minimum absolute atomic E-state index is 0.0911. The van der Waals surface area contributed by atoms with Crippen molar-refractivity contribution in [2.75, 3.05) is 26.2 Å². The number of ether oxygens (including phenoxy) is 1. The monoisotopic (exact) mass is 302 g/mol. The van der Waals surface area contributed by atoms with Crippen LogP contribution in [0.25, 0.3) is 0 Å². The number of benzene rings is 1. The van der Waals surface area contributed by atoms with Gasteiger partial charge in [-0.3, -0.25) is 0 Å². The van der Waals surface area contributed by atoms with Crippen LogP contribution in [0.4, 0.5) is 13.2 Å². The molecule has 0 saturated carbocycles. The molecular weight excluding hydrogens is 281 g/mol. The summed E-state index contributed by atoms with van der Waals surface area (Å²) in [5.41, 5.74) is 5.04. The second-order valence-electron chi connectivity index (χ2n) is 5.39. The first kappa shape index (κ1) is 16.1. The predicted molar refractivity (Wildman–Crippen MR) is 75.1 cm³/mol. The number of piperidine rings is 1. The zero-order chi connectivity index (χ0) is 15.3. The molecule has 1 aliphatic rings. The highest BCUT2D eigenvalue weighted by Crippen LogP contribution is 2.36. The van der Waals surface area contributed by atoms with Crippen molar-refractivity contribution >= 4 is 0 Å². The molecule has 2 rings (SSSR count). The van der Waals surface area contributed by atoms with Crippen LogP contribution in [0.5, 0.6) is 5.75 Å². The zero-order valence-corrected chi connectivity index (χ0v) is 11.8. The van der Waals surface area contributed by atoms with Gasteiger partial charge in [-0.1, -0.05) is 12.1 Å². The largest absolute Gasteiger partial charge is 0.493 e. The molecule has 6 heteroatoms. The maximum atomic E-state index is 12.9. The molecule has 0 radical (unpaired) electrons. The van der Waals surface area contributed by atoms with Crippen LogP contribution < -0.4 is 15.8 Å². The number of rotatable bonds is 5. The molecule has 1 aliphatic heterocycles. The highest BCUT2D eigenvalue weighted by Gasteiger charge is 2.34. The molecule has 0 bridgehead atoms. The predicted octanol–water partition coefficient (Wildman–Crippen LogP) is 2.66. The summed E-state index contributed by atoms with van der Waals surface area (Å²) < 4.78 is 44.1. The van der Waals surface area contributed by atoms with Gasteiger partial charge in [0.1, 0.15) is 5.75 Å². The lowest BCUT2D eigenvalue weighted by atomic mass is 9.85. The molecule has 1 aromatic carbocycles. The van der Waals surface area contributed by atoms with Crippen molar-refractivity contribution in [2.24, 2.45) is 17.6 Å². The Morgan fingerprint density at radius 1 is 1.24 bits per heavy atom. The van der Waals surface area contributed by atoms with Gasteiger partial charge in [-0.2, -0.15) is 13.2 Å². The van der Waals surface area contributed by atoms with Crippen LogP contribution in [0.2, 0.25) is 0 Å². The smallest absolute Gasteiger partial charge is 0.419 e. The van der Waals surface area contributed by atoms with Gasteiger partial charge in [0.15, 0.2) is 0 Å². The van der Waals surface area contributed by atoms with Crippen LogP contribution in [0, 0.1) is 11.8 Å². The quantitative estimate of drug-likeness (QED) is 0.879. The minimum Gasteiger partial charge on any atom is -0.493 e. The van der Waals surface area contributed by atoms with Gasteiger partial charge in [0.25, 0.3) is 0 Å². The molecule has 1 fully saturated rings. The van der Waals surface area contributed by atoms with E-state index in [0.717, 1.165) is 32.0 Å². The standard InChI is InChI=1S/C15H21F3N2O/c16-15(17,18)13-3-1-2-4-14(13)21-10-12(9-19)11-5-7-20-8-6-11/h1-4,11-12,20H,5-10,19H2. The number of hydrogen-bond donors (Lipinski definition) is 2. The third kappa shape index (κ3) is 4.35. The Morgan fingerprint density at radius 2 is 1.90 bits per heavy atom. The van der Waals surface area contributed by atoms with E-state index in [2.05, 4.69) is 5.32 Å². The van der Waals surface area contributed by atoms with Crippen molar-refractivity contribution in [3.8, 4) is 5.75 Å². The molecular formula is C15H21F3N2O. The molecule has 0 aromatic heterocycles. The third-order valence-corrected chi connectivity index (χ3v) is 4.00. The fourth-order valence-corrected chi connectivity index (χ4v) is 2.74. The Balaban J connectivity index is 2.01. The second-order valence-corrected chi connectivity index (χ2v) is 5.39. The lowest BCUT2D eigenvalue weighted by Crippen LogP contribution is -2.37. The lowest BCUT2D eigenvalue weighted by molar-refractivity contribution is -0.139. The van der Waals surface area contributed by atoms with Crippen LogP contribution in [-0.2, 0) is 6.18 Å². The molecule has 1 heterocycles. The topological polar surface area (TPSA) is 47.3 Å². The minimum atomic E-state index is -4.40. The summed E-state index contributed by atoms with van der Waals surface area (Å²) >= 11 is 0. The van der Waals surface area contributed by atoms with Gasteiger partial charge in [0.05, 0.1) is 12.2 Å². The Bertz CT molecular complexity index is 445. The first-order valence-electron chi connectivity index (χ1n) is 7.22. The number of halogens is 3. The van der Waals surface area contributed by atoms with E-state index in [1.165, 1.54) is 12.1 Å². The average Bonchev–Trinajstić information content (AvgIpc) is 2.48. The van der Waals surface area contributed by atoms with E-state index in [1.807, 2.05) is 0 Å². The van der Waals surface area contributed by atoms with Gasteiger partial charge in [-0.25, -0.2) is 0 Å². The number of nitrogens with one attached hydrogen (secondary N) is 1. The van der Waals surface area contributed by atoms with Gasteiger partial charge in [-0.15, -0.1) is 0 Å². The molecule has 21 heavy (non-hydrogen) atoms. The Kier molecular flexibility index (Phi) is 5.47. The van der Waals surface area contributed by atoms with E-state index in [0.29, 0.717) is 12.5 Å². The summed E-state index contributed by atoms with van der Waals surface area (Å²) in [5, 5.41) is 3.27. The third-order valence-electron chi connectivity index (χ3n) is 4.00. The van der Waals surface area contributed by atoms with Gasteiger partial charge >= 0.3 is 6.18 Å². The average molecular weight is 302 g/mol. The molecule has 1 aromatic rings. The summed E-state index contributed by atoms with van der Waals surface area (Å²) in [6.45, 7) is 2.52. The van der Waals surface area contributed by atoms with Gasteiger partial charge < -0.3 is 15.8 Å². The number of nitrogens with two attached hydrogens (primary N) is 1. The summed E-state index contributed by atoms with van der Waals surface area (Å²) in [7, 11) is 0. The second kappa shape index (κ2) is 7.13. The molecule has 118 valence electrons. The van der Waals surface area contributed by atoms with E-state index < -0.39 is 11.7 Å². The molecule has 0 spiro atoms. The zero-order valence-electron chi connectivity index (χ0n) is 11.8. The molecule has 0 amide bonds. The van der Waals surface area contributed by atoms with Gasteiger partial charge in [0, 0.05) is 5.92 Å². The molecule has 3 nitrogen and oxygen atoms in total. The summed E-state index contributed by atoms with van der Waals surface area (Å²) in [5.74, 6) is 0.389. The van der Waals surface area contributed by atoms with Crippen LogP contribution in [0.3, 0.4) is 0 Å². The molecule has 1 unspecified atom stereocenters.